The normalized spacial score (nSPS) is 11.4. The summed E-state index contributed by atoms with van der Waals surface area (Å²) in [6.45, 7) is 4.32. The smallest absolute Gasteiger partial charge is 0.336 e. The predicted molar refractivity (Wildman–Crippen MR) is 77.2 cm³/mol. The van der Waals surface area contributed by atoms with Crippen molar-refractivity contribution in [2.75, 3.05) is 20.1 Å². The number of benzene rings is 1. The molecule has 0 aliphatic rings. The minimum atomic E-state index is -0.291. The Kier molecular flexibility index (Phi) is 4.35. The quantitative estimate of drug-likeness (QED) is 0.834. The predicted octanol–water partition coefficient (Wildman–Crippen LogP) is 1.88. The van der Waals surface area contributed by atoms with Crippen molar-refractivity contribution in [3.05, 3.63) is 45.8 Å². The molecule has 0 spiro atoms. The molecular formula is C15H20N2O2. The average Bonchev–Trinajstić information content (AvgIpc) is 2.35. The highest BCUT2D eigenvalue weighted by atomic mass is 16.4. The zero-order valence-corrected chi connectivity index (χ0v) is 11.5. The fourth-order valence-electron chi connectivity index (χ4n) is 2.20. The molecule has 4 nitrogen and oxygen atoms in total. The second-order valence-electron chi connectivity index (χ2n) is 4.97. The molecule has 0 bridgehead atoms. The zero-order valence-electron chi connectivity index (χ0n) is 11.5. The van der Waals surface area contributed by atoms with Crippen LogP contribution in [-0.4, -0.2) is 25.0 Å². The first-order chi connectivity index (χ1) is 9.10. The van der Waals surface area contributed by atoms with E-state index in [9.17, 15) is 4.79 Å². The summed E-state index contributed by atoms with van der Waals surface area (Å²) in [5, 5.41) is 1.00. The average molecular weight is 260 g/mol. The Balaban J connectivity index is 2.34. The molecule has 0 unspecified atom stereocenters. The lowest BCUT2D eigenvalue weighted by atomic mass is 10.1. The van der Waals surface area contributed by atoms with Crippen molar-refractivity contribution in [3.63, 3.8) is 0 Å². The highest BCUT2D eigenvalue weighted by Gasteiger charge is 2.08. The topological polar surface area (TPSA) is 59.5 Å². The molecule has 0 saturated carbocycles. The molecule has 0 amide bonds. The van der Waals surface area contributed by atoms with Gasteiger partial charge >= 0.3 is 5.63 Å². The van der Waals surface area contributed by atoms with Gasteiger partial charge in [0.2, 0.25) is 0 Å². The maximum absolute atomic E-state index is 11.6. The lowest BCUT2D eigenvalue weighted by Gasteiger charge is -2.17. The minimum absolute atomic E-state index is 0.291. The van der Waals surface area contributed by atoms with E-state index in [0.29, 0.717) is 12.1 Å². The fraction of sp³-hybridized carbons (Fsp3) is 0.400. The van der Waals surface area contributed by atoms with E-state index >= 15 is 0 Å². The van der Waals surface area contributed by atoms with Crippen molar-refractivity contribution >= 4 is 11.0 Å². The molecule has 2 aromatic rings. The summed E-state index contributed by atoms with van der Waals surface area (Å²) in [6.07, 6.45) is 0.953. The Morgan fingerprint density at radius 3 is 2.84 bits per heavy atom. The van der Waals surface area contributed by atoms with Gasteiger partial charge in [-0.2, -0.15) is 0 Å². The van der Waals surface area contributed by atoms with Gasteiger partial charge in [0, 0.05) is 18.0 Å². The van der Waals surface area contributed by atoms with Gasteiger partial charge in [0.15, 0.2) is 0 Å². The summed E-state index contributed by atoms with van der Waals surface area (Å²) in [5.74, 6) is 0. The first kappa shape index (κ1) is 13.8. The molecule has 1 heterocycles. The molecule has 2 N–H and O–H groups in total. The van der Waals surface area contributed by atoms with Crippen LogP contribution >= 0.6 is 0 Å². The fourth-order valence-corrected chi connectivity index (χ4v) is 2.20. The van der Waals surface area contributed by atoms with Crippen molar-refractivity contribution in [1.82, 2.24) is 4.90 Å². The van der Waals surface area contributed by atoms with Crippen LogP contribution in [0, 0.1) is 6.92 Å². The van der Waals surface area contributed by atoms with Crippen LogP contribution in [0.1, 0.15) is 17.5 Å². The molecule has 0 aliphatic carbocycles. The molecule has 0 atom stereocenters. The van der Waals surface area contributed by atoms with E-state index in [1.807, 2.05) is 32.2 Å². The molecule has 1 aromatic heterocycles. The largest absolute Gasteiger partial charge is 0.423 e. The second-order valence-corrected chi connectivity index (χ2v) is 4.97. The molecule has 19 heavy (non-hydrogen) atoms. The molecule has 102 valence electrons. The van der Waals surface area contributed by atoms with Crippen LogP contribution < -0.4 is 11.4 Å². The third-order valence-corrected chi connectivity index (χ3v) is 3.17. The van der Waals surface area contributed by atoms with Gasteiger partial charge in [0.25, 0.3) is 0 Å². The molecule has 1 aromatic carbocycles. The first-order valence-corrected chi connectivity index (χ1v) is 6.52. The Bertz CT molecular complexity index is 619. The maximum atomic E-state index is 11.6. The summed E-state index contributed by atoms with van der Waals surface area (Å²) >= 11 is 0. The summed E-state index contributed by atoms with van der Waals surface area (Å²) in [5.41, 5.74) is 7.97. The van der Waals surface area contributed by atoms with E-state index in [1.165, 1.54) is 0 Å². The Labute approximate surface area is 112 Å². The van der Waals surface area contributed by atoms with Crippen LogP contribution in [0.2, 0.25) is 0 Å². The van der Waals surface area contributed by atoms with Crippen molar-refractivity contribution in [2.45, 2.75) is 19.9 Å². The van der Waals surface area contributed by atoms with Crippen LogP contribution in [0.4, 0.5) is 0 Å². The van der Waals surface area contributed by atoms with Crippen molar-refractivity contribution in [2.24, 2.45) is 5.73 Å². The van der Waals surface area contributed by atoms with Gasteiger partial charge < -0.3 is 15.1 Å². The summed E-state index contributed by atoms with van der Waals surface area (Å²) in [4.78, 5) is 13.8. The minimum Gasteiger partial charge on any atom is -0.423 e. The van der Waals surface area contributed by atoms with Gasteiger partial charge in [-0.25, -0.2) is 4.79 Å². The highest BCUT2D eigenvalue weighted by molar-refractivity contribution is 5.80. The molecule has 4 heteroatoms. The summed E-state index contributed by atoms with van der Waals surface area (Å²) < 4.78 is 5.25. The number of hydrogen-bond acceptors (Lipinski definition) is 4. The van der Waals surface area contributed by atoms with E-state index in [0.717, 1.165) is 36.0 Å². The van der Waals surface area contributed by atoms with Gasteiger partial charge in [-0.1, -0.05) is 12.1 Å². The van der Waals surface area contributed by atoms with Gasteiger partial charge in [-0.15, -0.1) is 0 Å². The van der Waals surface area contributed by atoms with E-state index < -0.39 is 0 Å². The third-order valence-electron chi connectivity index (χ3n) is 3.17. The number of fused-ring (bicyclic) bond motifs is 1. The third kappa shape index (κ3) is 3.43. The SMILES string of the molecule is Cc1ccc2c(CN(C)CCCN)cc(=O)oc2c1. The maximum Gasteiger partial charge on any atom is 0.336 e. The van der Waals surface area contributed by atoms with Gasteiger partial charge in [-0.05, 0) is 50.7 Å². The lowest BCUT2D eigenvalue weighted by Crippen LogP contribution is -2.22. The molecule has 0 saturated heterocycles. The Morgan fingerprint density at radius 2 is 2.11 bits per heavy atom. The van der Waals surface area contributed by atoms with Gasteiger partial charge in [0.1, 0.15) is 5.58 Å². The van der Waals surface area contributed by atoms with E-state index in [-0.39, 0.29) is 5.63 Å². The molecule has 0 fully saturated rings. The Hall–Kier alpha value is -1.65. The van der Waals surface area contributed by atoms with Crippen LogP contribution in [-0.2, 0) is 6.54 Å². The van der Waals surface area contributed by atoms with Gasteiger partial charge in [0.05, 0.1) is 0 Å². The number of hydrogen-bond donors (Lipinski definition) is 1. The van der Waals surface area contributed by atoms with E-state index in [2.05, 4.69) is 4.90 Å². The standard InChI is InChI=1S/C15H20N2O2/c1-11-4-5-13-12(10-17(2)7-3-6-16)9-15(18)19-14(13)8-11/h4-5,8-9H,3,6-7,10,16H2,1-2H3. The van der Waals surface area contributed by atoms with Gasteiger partial charge in [-0.3, -0.25) is 0 Å². The number of nitrogens with two attached hydrogens (primary N) is 1. The van der Waals surface area contributed by atoms with Crippen molar-refractivity contribution in [1.29, 1.82) is 0 Å². The second kappa shape index (κ2) is 5.99. The molecule has 0 aliphatic heterocycles. The highest BCUT2D eigenvalue weighted by Crippen LogP contribution is 2.19. The lowest BCUT2D eigenvalue weighted by molar-refractivity contribution is 0.324. The van der Waals surface area contributed by atoms with E-state index in [1.54, 1.807) is 6.07 Å². The number of rotatable bonds is 5. The van der Waals surface area contributed by atoms with Crippen molar-refractivity contribution in [3.8, 4) is 0 Å². The summed E-state index contributed by atoms with van der Waals surface area (Å²) in [6, 6.07) is 7.53. The van der Waals surface area contributed by atoms with Crippen LogP contribution in [0.15, 0.2) is 33.5 Å². The molecule has 2 rings (SSSR count). The monoisotopic (exact) mass is 260 g/mol. The number of aryl methyl sites for hydroxylation is 1. The number of nitrogens with zero attached hydrogens (tertiary/aromatic N) is 1. The van der Waals surface area contributed by atoms with Crippen molar-refractivity contribution < 1.29 is 4.42 Å². The summed E-state index contributed by atoms with van der Waals surface area (Å²) in [7, 11) is 2.03. The van der Waals surface area contributed by atoms with Crippen LogP contribution in [0.3, 0.4) is 0 Å². The first-order valence-electron chi connectivity index (χ1n) is 6.52. The van der Waals surface area contributed by atoms with Crippen LogP contribution in [0.5, 0.6) is 0 Å². The Morgan fingerprint density at radius 1 is 1.32 bits per heavy atom. The molecular weight excluding hydrogens is 240 g/mol. The zero-order chi connectivity index (χ0) is 13.8. The van der Waals surface area contributed by atoms with E-state index in [4.69, 9.17) is 10.2 Å². The molecule has 0 radical (unpaired) electrons. The van der Waals surface area contributed by atoms with Crippen LogP contribution in [0.25, 0.3) is 11.0 Å².